The third-order valence-corrected chi connectivity index (χ3v) is 4.68. The first kappa shape index (κ1) is 16.3. The van der Waals surface area contributed by atoms with Gasteiger partial charge in [-0.3, -0.25) is 0 Å². The number of ether oxygens (including phenoxy) is 1. The van der Waals surface area contributed by atoms with Gasteiger partial charge in [-0.1, -0.05) is 25.5 Å². The first-order chi connectivity index (χ1) is 9.91. The molecule has 0 aliphatic heterocycles. The van der Waals surface area contributed by atoms with Crippen molar-refractivity contribution in [1.29, 1.82) is 0 Å². The summed E-state index contributed by atoms with van der Waals surface area (Å²) in [4.78, 5) is 0. The predicted octanol–water partition coefficient (Wildman–Crippen LogP) is 3.60. The molecule has 3 nitrogen and oxygen atoms in total. The maximum atomic E-state index is 10.4. The van der Waals surface area contributed by atoms with Crippen LogP contribution >= 0.6 is 0 Å². The van der Waals surface area contributed by atoms with Crippen LogP contribution in [0.15, 0.2) is 18.2 Å². The van der Waals surface area contributed by atoms with Gasteiger partial charge < -0.3 is 15.2 Å². The number of hydrogen-bond acceptors (Lipinski definition) is 3. The molecule has 0 saturated heterocycles. The van der Waals surface area contributed by atoms with E-state index in [1.807, 2.05) is 25.1 Å². The van der Waals surface area contributed by atoms with Crippen LogP contribution in [0, 0.1) is 12.3 Å². The Labute approximate surface area is 128 Å². The average Bonchev–Trinajstić information content (AvgIpc) is 2.45. The number of aliphatic hydroxyl groups is 1. The monoisotopic (exact) mass is 291 g/mol. The van der Waals surface area contributed by atoms with Crippen LogP contribution < -0.4 is 10.1 Å². The second-order valence-corrected chi connectivity index (χ2v) is 7.11. The summed E-state index contributed by atoms with van der Waals surface area (Å²) in [6.45, 7) is 7.31. The lowest BCUT2D eigenvalue weighted by Gasteiger charge is -2.35. The van der Waals surface area contributed by atoms with Gasteiger partial charge >= 0.3 is 0 Å². The SMILES string of the molecule is COc1ccc(C)cc1C(O)CNC1CCC(C)(C)CC1. The number of hydrogen-bond donors (Lipinski definition) is 2. The Morgan fingerprint density at radius 3 is 2.62 bits per heavy atom. The standard InChI is InChI=1S/C18H29NO2/c1-13-5-6-17(21-4)15(11-13)16(20)12-19-14-7-9-18(2,3)10-8-14/h5-6,11,14,16,19-20H,7-10,12H2,1-4H3. The molecular weight excluding hydrogens is 262 g/mol. The van der Waals surface area contributed by atoms with Gasteiger partial charge in [0.15, 0.2) is 0 Å². The number of aliphatic hydroxyl groups excluding tert-OH is 1. The zero-order chi connectivity index (χ0) is 15.5. The molecule has 1 atom stereocenters. The lowest BCUT2D eigenvalue weighted by atomic mass is 9.75. The zero-order valence-electron chi connectivity index (χ0n) is 13.8. The Balaban J connectivity index is 1.90. The topological polar surface area (TPSA) is 41.5 Å². The molecule has 21 heavy (non-hydrogen) atoms. The van der Waals surface area contributed by atoms with E-state index in [4.69, 9.17) is 4.74 Å². The molecule has 1 aliphatic carbocycles. The van der Waals surface area contributed by atoms with Gasteiger partial charge in [-0.05, 0) is 50.2 Å². The predicted molar refractivity (Wildman–Crippen MR) is 86.7 cm³/mol. The highest BCUT2D eigenvalue weighted by molar-refractivity contribution is 5.38. The molecule has 0 aromatic heterocycles. The van der Waals surface area contributed by atoms with Gasteiger partial charge in [0.1, 0.15) is 5.75 Å². The smallest absolute Gasteiger partial charge is 0.124 e. The van der Waals surface area contributed by atoms with E-state index in [1.165, 1.54) is 25.7 Å². The van der Waals surface area contributed by atoms with E-state index in [1.54, 1.807) is 7.11 Å². The Bertz CT molecular complexity index is 460. The molecule has 0 amide bonds. The van der Waals surface area contributed by atoms with Crippen LogP contribution in [-0.2, 0) is 0 Å². The van der Waals surface area contributed by atoms with E-state index in [9.17, 15) is 5.11 Å². The van der Waals surface area contributed by atoms with Gasteiger partial charge in [-0.2, -0.15) is 0 Å². The zero-order valence-corrected chi connectivity index (χ0v) is 13.8. The Morgan fingerprint density at radius 1 is 1.33 bits per heavy atom. The summed E-state index contributed by atoms with van der Waals surface area (Å²) in [5.41, 5.74) is 2.50. The molecule has 0 heterocycles. The van der Waals surface area contributed by atoms with Crippen molar-refractivity contribution in [2.75, 3.05) is 13.7 Å². The minimum absolute atomic E-state index is 0.483. The van der Waals surface area contributed by atoms with Crippen molar-refractivity contribution in [2.45, 2.75) is 58.6 Å². The Morgan fingerprint density at radius 2 is 2.00 bits per heavy atom. The first-order valence-corrected chi connectivity index (χ1v) is 7.97. The molecule has 1 aromatic rings. The highest BCUT2D eigenvalue weighted by Gasteiger charge is 2.27. The number of rotatable bonds is 5. The van der Waals surface area contributed by atoms with Crippen molar-refractivity contribution in [3.05, 3.63) is 29.3 Å². The summed E-state index contributed by atoms with van der Waals surface area (Å²) in [6.07, 6.45) is 4.40. The van der Waals surface area contributed by atoms with Crippen molar-refractivity contribution in [3.63, 3.8) is 0 Å². The molecule has 118 valence electrons. The fourth-order valence-electron chi connectivity index (χ4n) is 3.11. The van der Waals surface area contributed by atoms with Gasteiger partial charge in [-0.25, -0.2) is 0 Å². The van der Waals surface area contributed by atoms with Gasteiger partial charge in [-0.15, -0.1) is 0 Å². The van der Waals surface area contributed by atoms with E-state index >= 15 is 0 Å². The number of nitrogens with one attached hydrogen (secondary N) is 1. The number of methoxy groups -OCH3 is 1. The quantitative estimate of drug-likeness (QED) is 0.871. The highest BCUT2D eigenvalue weighted by atomic mass is 16.5. The third kappa shape index (κ3) is 4.45. The van der Waals surface area contributed by atoms with Crippen LogP contribution in [-0.4, -0.2) is 24.8 Å². The van der Waals surface area contributed by atoms with E-state index in [-0.39, 0.29) is 0 Å². The minimum atomic E-state index is -0.519. The van der Waals surface area contributed by atoms with E-state index < -0.39 is 6.10 Å². The normalized spacial score (nSPS) is 20.2. The van der Waals surface area contributed by atoms with Crippen LogP contribution in [0.1, 0.15) is 56.8 Å². The van der Waals surface area contributed by atoms with Gasteiger partial charge in [0.05, 0.1) is 13.2 Å². The van der Waals surface area contributed by atoms with Crippen molar-refractivity contribution in [3.8, 4) is 5.75 Å². The van der Waals surface area contributed by atoms with Crippen LogP contribution in [0.5, 0.6) is 5.75 Å². The Hall–Kier alpha value is -1.06. The maximum absolute atomic E-state index is 10.4. The largest absolute Gasteiger partial charge is 0.496 e. The molecule has 1 aromatic carbocycles. The molecule has 0 bridgehead atoms. The van der Waals surface area contributed by atoms with Crippen molar-refractivity contribution in [2.24, 2.45) is 5.41 Å². The minimum Gasteiger partial charge on any atom is -0.496 e. The van der Waals surface area contributed by atoms with Crippen LogP contribution in [0.2, 0.25) is 0 Å². The van der Waals surface area contributed by atoms with Gasteiger partial charge in [0.25, 0.3) is 0 Å². The molecule has 0 radical (unpaired) electrons. The highest BCUT2D eigenvalue weighted by Crippen LogP contribution is 2.35. The van der Waals surface area contributed by atoms with E-state index in [2.05, 4.69) is 19.2 Å². The van der Waals surface area contributed by atoms with Crippen LogP contribution in [0.25, 0.3) is 0 Å². The Kier molecular flexibility index (Phi) is 5.28. The van der Waals surface area contributed by atoms with Gasteiger partial charge in [0.2, 0.25) is 0 Å². The molecule has 0 spiro atoms. The maximum Gasteiger partial charge on any atom is 0.124 e. The summed E-state index contributed by atoms with van der Waals surface area (Å²) in [6, 6.07) is 6.47. The van der Waals surface area contributed by atoms with E-state index in [0.717, 1.165) is 16.9 Å². The van der Waals surface area contributed by atoms with Crippen LogP contribution in [0.4, 0.5) is 0 Å². The average molecular weight is 291 g/mol. The molecule has 2 rings (SSSR count). The molecule has 1 aliphatic rings. The lowest BCUT2D eigenvalue weighted by molar-refractivity contribution is 0.149. The fourth-order valence-corrected chi connectivity index (χ4v) is 3.11. The van der Waals surface area contributed by atoms with Crippen molar-refractivity contribution in [1.82, 2.24) is 5.32 Å². The first-order valence-electron chi connectivity index (χ1n) is 7.97. The molecule has 1 saturated carbocycles. The summed E-state index contributed by atoms with van der Waals surface area (Å²) in [5, 5.41) is 14.0. The molecule has 2 N–H and O–H groups in total. The number of aryl methyl sites for hydroxylation is 1. The summed E-state index contributed by atoms with van der Waals surface area (Å²) >= 11 is 0. The fraction of sp³-hybridized carbons (Fsp3) is 0.667. The van der Waals surface area contributed by atoms with Crippen molar-refractivity contribution >= 4 is 0 Å². The molecule has 1 unspecified atom stereocenters. The second-order valence-electron chi connectivity index (χ2n) is 7.11. The van der Waals surface area contributed by atoms with E-state index in [0.29, 0.717) is 18.0 Å². The summed E-state index contributed by atoms with van der Waals surface area (Å²) < 4.78 is 5.35. The summed E-state index contributed by atoms with van der Waals surface area (Å²) in [7, 11) is 1.65. The third-order valence-electron chi connectivity index (χ3n) is 4.68. The van der Waals surface area contributed by atoms with Crippen molar-refractivity contribution < 1.29 is 9.84 Å². The van der Waals surface area contributed by atoms with Gasteiger partial charge in [0, 0.05) is 18.2 Å². The molecule has 1 fully saturated rings. The summed E-state index contributed by atoms with van der Waals surface area (Å²) in [5.74, 6) is 0.764. The second kappa shape index (κ2) is 6.80. The van der Waals surface area contributed by atoms with Crippen LogP contribution in [0.3, 0.4) is 0 Å². The lowest BCUT2D eigenvalue weighted by Crippen LogP contribution is -2.37. The number of benzene rings is 1. The molecular formula is C18H29NO2. The molecule has 3 heteroatoms.